The molecule has 0 saturated carbocycles. The molecule has 0 amide bonds. The van der Waals surface area contributed by atoms with Gasteiger partial charge < -0.3 is 4.90 Å². The van der Waals surface area contributed by atoms with Gasteiger partial charge in [-0.25, -0.2) is 0 Å². The minimum atomic E-state index is 0.814. The lowest BCUT2D eigenvalue weighted by Crippen LogP contribution is -2.35. The second-order valence-corrected chi connectivity index (χ2v) is 4.84. The van der Waals surface area contributed by atoms with Crippen molar-refractivity contribution < 1.29 is 0 Å². The van der Waals surface area contributed by atoms with E-state index in [1.807, 2.05) is 0 Å². The zero-order valence-corrected chi connectivity index (χ0v) is 9.50. The fraction of sp³-hybridized carbons (Fsp3) is 0.571. The highest BCUT2D eigenvalue weighted by Crippen LogP contribution is 2.41. The third-order valence-electron chi connectivity index (χ3n) is 4.02. The average molecular weight is 201 g/mol. The molecule has 0 fully saturated rings. The van der Waals surface area contributed by atoms with Gasteiger partial charge in [0.25, 0.3) is 0 Å². The molecule has 0 aromatic heterocycles. The minimum absolute atomic E-state index is 0.814. The molecule has 0 spiro atoms. The van der Waals surface area contributed by atoms with E-state index in [4.69, 9.17) is 0 Å². The number of para-hydroxylation sites is 1. The van der Waals surface area contributed by atoms with E-state index >= 15 is 0 Å². The molecule has 2 heterocycles. The lowest BCUT2D eigenvalue weighted by atomic mass is 9.84. The molecule has 0 aliphatic carbocycles. The Hall–Kier alpha value is -0.980. The van der Waals surface area contributed by atoms with Crippen molar-refractivity contribution in [3.8, 4) is 0 Å². The van der Waals surface area contributed by atoms with Crippen molar-refractivity contribution in [3.05, 3.63) is 29.3 Å². The summed E-state index contributed by atoms with van der Waals surface area (Å²) in [6.45, 7) is 4.88. The normalized spacial score (nSPS) is 23.8. The first kappa shape index (κ1) is 9.26. The largest absolute Gasteiger partial charge is 0.371 e. The van der Waals surface area contributed by atoms with Crippen LogP contribution < -0.4 is 4.90 Å². The standard InChI is InChI=1S/C14H19N/c1-2-11-8-10-15-9-4-6-12-5-3-7-13(11)14(12)15/h3,5,7,11H,2,4,6,8-10H2,1H3. The molecular formula is C14H19N. The lowest BCUT2D eigenvalue weighted by Gasteiger charge is -2.39. The molecule has 1 aromatic carbocycles. The van der Waals surface area contributed by atoms with E-state index in [0.717, 1.165) is 5.92 Å². The zero-order valence-electron chi connectivity index (χ0n) is 9.50. The first-order valence-electron chi connectivity index (χ1n) is 6.27. The van der Waals surface area contributed by atoms with Crippen LogP contribution in [0.5, 0.6) is 0 Å². The van der Waals surface area contributed by atoms with Crippen LogP contribution in [0.3, 0.4) is 0 Å². The predicted octanol–water partition coefficient (Wildman–Crippen LogP) is 3.34. The molecule has 0 bridgehead atoms. The van der Waals surface area contributed by atoms with Crippen molar-refractivity contribution in [2.45, 2.75) is 38.5 Å². The minimum Gasteiger partial charge on any atom is -0.371 e. The highest BCUT2D eigenvalue weighted by atomic mass is 15.1. The Morgan fingerprint density at radius 3 is 3.13 bits per heavy atom. The molecule has 1 atom stereocenters. The van der Waals surface area contributed by atoms with Crippen LogP contribution >= 0.6 is 0 Å². The third kappa shape index (κ3) is 1.37. The van der Waals surface area contributed by atoms with E-state index in [1.54, 1.807) is 16.8 Å². The maximum absolute atomic E-state index is 2.61. The van der Waals surface area contributed by atoms with Crippen LogP contribution in [0.4, 0.5) is 5.69 Å². The van der Waals surface area contributed by atoms with Gasteiger partial charge in [-0.2, -0.15) is 0 Å². The number of aryl methyl sites for hydroxylation is 1. The Morgan fingerprint density at radius 2 is 2.27 bits per heavy atom. The SMILES string of the molecule is CCC1CCN2CCCc3cccc1c32. The van der Waals surface area contributed by atoms with Gasteiger partial charge in [0.05, 0.1) is 0 Å². The summed E-state index contributed by atoms with van der Waals surface area (Å²) in [4.78, 5) is 2.61. The molecule has 1 aromatic rings. The maximum Gasteiger partial charge on any atom is 0.0434 e. The van der Waals surface area contributed by atoms with E-state index in [9.17, 15) is 0 Å². The lowest BCUT2D eigenvalue weighted by molar-refractivity contribution is 0.542. The molecule has 0 radical (unpaired) electrons. The number of hydrogen-bond donors (Lipinski definition) is 0. The Labute approximate surface area is 92.1 Å². The Kier molecular flexibility index (Phi) is 2.19. The summed E-state index contributed by atoms with van der Waals surface area (Å²) in [5, 5.41) is 0. The molecular weight excluding hydrogens is 182 g/mol. The molecule has 1 nitrogen and oxygen atoms in total. The van der Waals surface area contributed by atoms with Gasteiger partial charge in [-0.15, -0.1) is 0 Å². The fourth-order valence-corrected chi connectivity index (χ4v) is 3.22. The summed E-state index contributed by atoms with van der Waals surface area (Å²) < 4.78 is 0. The Morgan fingerprint density at radius 1 is 1.33 bits per heavy atom. The summed E-state index contributed by atoms with van der Waals surface area (Å²) in [6.07, 6.45) is 5.28. The zero-order chi connectivity index (χ0) is 10.3. The van der Waals surface area contributed by atoms with Gasteiger partial charge in [-0.3, -0.25) is 0 Å². The van der Waals surface area contributed by atoms with Gasteiger partial charge in [-0.1, -0.05) is 25.1 Å². The molecule has 2 aliphatic heterocycles. The Bertz CT molecular complexity index is 370. The van der Waals surface area contributed by atoms with Crippen LogP contribution in [-0.4, -0.2) is 13.1 Å². The van der Waals surface area contributed by atoms with Gasteiger partial charge in [0.1, 0.15) is 0 Å². The summed E-state index contributed by atoms with van der Waals surface area (Å²) >= 11 is 0. The van der Waals surface area contributed by atoms with Crippen LogP contribution in [0.2, 0.25) is 0 Å². The number of hydrogen-bond acceptors (Lipinski definition) is 1. The topological polar surface area (TPSA) is 3.24 Å². The Balaban J connectivity index is 2.13. The predicted molar refractivity (Wildman–Crippen MR) is 64.6 cm³/mol. The first-order chi connectivity index (χ1) is 7.40. The van der Waals surface area contributed by atoms with Crippen molar-refractivity contribution in [1.82, 2.24) is 0 Å². The van der Waals surface area contributed by atoms with Crippen LogP contribution in [0.15, 0.2) is 18.2 Å². The van der Waals surface area contributed by atoms with Gasteiger partial charge in [-0.05, 0) is 42.7 Å². The van der Waals surface area contributed by atoms with E-state index in [0.29, 0.717) is 0 Å². The molecule has 15 heavy (non-hydrogen) atoms. The summed E-state index contributed by atoms with van der Waals surface area (Å²) in [6, 6.07) is 6.93. The summed E-state index contributed by atoms with van der Waals surface area (Å²) in [5.41, 5.74) is 4.82. The summed E-state index contributed by atoms with van der Waals surface area (Å²) in [7, 11) is 0. The molecule has 80 valence electrons. The van der Waals surface area contributed by atoms with E-state index in [1.165, 1.54) is 38.8 Å². The van der Waals surface area contributed by atoms with Crippen molar-refractivity contribution in [2.24, 2.45) is 0 Å². The molecule has 0 saturated heterocycles. The van der Waals surface area contributed by atoms with Crippen molar-refractivity contribution in [3.63, 3.8) is 0 Å². The first-order valence-corrected chi connectivity index (χ1v) is 6.27. The fourth-order valence-electron chi connectivity index (χ4n) is 3.22. The monoisotopic (exact) mass is 201 g/mol. The van der Waals surface area contributed by atoms with E-state index < -0.39 is 0 Å². The van der Waals surface area contributed by atoms with Crippen LogP contribution in [0.1, 0.15) is 43.2 Å². The smallest absolute Gasteiger partial charge is 0.0434 e. The van der Waals surface area contributed by atoms with Crippen LogP contribution in [0, 0.1) is 0 Å². The van der Waals surface area contributed by atoms with Gasteiger partial charge >= 0.3 is 0 Å². The van der Waals surface area contributed by atoms with E-state index in [-0.39, 0.29) is 0 Å². The highest BCUT2D eigenvalue weighted by molar-refractivity contribution is 5.64. The third-order valence-corrected chi connectivity index (χ3v) is 4.02. The van der Waals surface area contributed by atoms with Gasteiger partial charge in [0.2, 0.25) is 0 Å². The van der Waals surface area contributed by atoms with Gasteiger partial charge in [0.15, 0.2) is 0 Å². The molecule has 2 aliphatic rings. The number of benzene rings is 1. The summed E-state index contributed by atoms with van der Waals surface area (Å²) in [5.74, 6) is 0.814. The average Bonchev–Trinajstić information content (AvgIpc) is 2.30. The molecule has 1 heteroatoms. The van der Waals surface area contributed by atoms with Crippen molar-refractivity contribution in [1.29, 1.82) is 0 Å². The second-order valence-electron chi connectivity index (χ2n) is 4.84. The highest BCUT2D eigenvalue weighted by Gasteiger charge is 2.27. The van der Waals surface area contributed by atoms with Crippen molar-refractivity contribution in [2.75, 3.05) is 18.0 Å². The van der Waals surface area contributed by atoms with Crippen molar-refractivity contribution >= 4 is 5.69 Å². The van der Waals surface area contributed by atoms with Crippen LogP contribution in [-0.2, 0) is 6.42 Å². The number of nitrogens with zero attached hydrogens (tertiary/aromatic N) is 1. The van der Waals surface area contributed by atoms with Crippen LogP contribution in [0.25, 0.3) is 0 Å². The second kappa shape index (κ2) is 3.55. The molecule has 0 N–H and O–H groups in total. The number of rotatable bonds is 1. The maximum atomic E-state index is 2.61. The molecule has 3 rings (SSSR count). The van der Waals surface area contributed by atoms with E-state index in [2.05, 4.69) is 30.0 Å². The number of anilines is 1. The quantitative estimate of drug-likeness (QED) is 0.673. The molecule has 1 unspecified atom stereocenters. The van der Waals surface area contributed by atoms with Gasteiger partial charge in [0, 0.05) is 18.8 Å².